The van der Waals surface area contributed by atoms with Crippen LogP contribution in [0.15, 0.2) is 0 Å². The lowest BCUT2D eigenvalue weighted by atomic mass is 10.1. The zero-order chi connectivity index (χ0) is 15.2. The van der Waals surface area contributed by atoms with Gasteiger partial charge in [0.2, 0.25) is 0 Å². The first kappa shape index (κ1) is 17.6. The average Bonchev–Trinajstić information content (AvgIpc) is 2.78. The normalized spacial score (nSPS) is 19.4. The van der Waals surface area contributed by atoms with Crippen LogP contribution in [0.25, 0.3) is 0 Å². The van der Waals surface area contributed by atoms with Gasteiger partial charge in [0, 0.05) is 19.1 Å². The van der Waals surface area contributed by atoms with E-state index in [1.54, 1.807) is 4.90 Å². The lowest BCUT2D eigenvalue weighted by Gasteiger charge is -2.30. The molecule has 1 unspecified atom stereocenters. The second kappa shape index (κ2) is 8.13. The van der Waals surface area contributed by atoms with Crippen molar-refractivity contribution in [2.75, 3.05) is 31.1 Å². The summed E-state index contributed by atoms with van der Waals surface area (Å²) in [5, 5.41) is 3.47. The van der Waals surface area contributed by atoms with Crippen LogP contribution < -0.4 is 5.32 Å². The summed E-state index contributed by atoms with van der Waals surface area (Å²) < 4.78 is 5.45. The second-order valence-electron chi connectivity index (χ2n) is 6.70. The number of hydrogen-bond donors (Lipinski definition) is 1. The largest absolute Gasteiger partial charge is 0.444 e. The number of ether oxygens (including phenoxy) is 1. The summed E-state index contributed by atoms with van der Waals surface area (Å²) in [5.74, 6) is 3.36. The molecule has 1 heterocycles. The van der Waals surface area contributed by atoms with Crippen molar-refractivity contribution in [1.29, 1.82) is 0 Å². The van der Waals surface area contributed by atoms with E-state index >= 15 is 0 Å². The quantitative estimate of drug-likeness (QED) is 0.766. The Labute approximate surface area is 128 Å². The smallest absolute Gasteiger partial charge is 0.410 e. The van der Waals surface area contributed by atoms with Gasteiger partial charge < -0.3 is 15.0 Å². The van der Waals surface area contributed by atoms with Gasteiger partial charge in [0.25, 0.3) is 0 Å². The fraction of sp³-hybridized carbons (Fsp3) is 0.933. The predicted molar refractivity (Wildman–Crippen MR) is 86.4 cm³/mol. The van der Waals surface area contributed by atoms with Gasteiger partial charge in [0.1, 0.15) is 5.60 Å². The van der Waals surface area contributed by atoms with Crippen molar-refractivity contribution in [3.05, 3.63) is 0 Å². The molecule has 1 atom stereocenters. The van der Waals surface area contributed by atoms with Gasteiger partial charge in [-0.15, -0.1) is 0 Å². The Morgan fingerprint density at radius 3 is 2.65 bits per heavy atom. The van der Waals surface area contributed by atoms with E-state index in [0.29, 0.717) is 6.54 Å². The molecule has 118 valence electrons. The van der Waals surface area contributed by atoms with Crippen LogP contribution in [0.4, 0.5) is 4.79 Å². The zero-order valence-electron chi connectivity index (χ0n) is 13.6. The molecule has 1 rings (SSSR count). The van der Waals surface area contributed by atoms with Gasteiger partial charge in [-0.2, -0.15) is 11.8 Å². The van der Waals surface area contributed by atoms with Crippen molar-refractivity contribution in [2.24, 2.45) is 5.92 Å². The number of nitrogens with zero attached hydrogens (tertiary/aromatic N) is 1. The van der Waals surface area contributed by atoms with Crippen molar-refractivity contribution in [2.45, 2.75) is 52.7 Å². The topological polar surface area (TPSA) is 41.6 Å². The molecule has 0 aromatic heterocycles. The van der Waals surface area contributed by atoms with E-state index in [2.05, 4.69) is 5.32 Å². The van der Waals surface area contributed by atoms with E-state index in [1.165, 1.54) is 17.9 Å². The molecule has 0 aromatic rings. The van der Waals surface area contributed by atoms with Crippen LogP contribution in [0.2, 0.25) is 0 Å². The van der Waals surface area contributed by atoms with Crippen LogP contribution in [0.1, 0.15) is 41.0 Å². The van der Waals surface area contributed by atoms with Gasteiger partial charge >= 0.3 is 6.09 Å². The molecule has 20 heavy (non-hydrogen) atoms. The Morgan fingerprint density at radius 2 is 2.15 bits per heavy atom. The molecule has 1 fully saturated rings. The van der Waals surface area contributed by atoms with Crippen LogP contribution in [-0.2, 0) is 4.74 Å². The van der Waals surface area contributed by atoms with E-state index < -0.39 is 5.60 Å². The van der Waals surface area contributed by atoms with Gasteiger partial charge in [-0.05, 0) is 65.0 Å². The van der Waals surface area contributed by atoms with Gasteiger partial charge in [-0.3, -0.25) is 0 Å². The number of amides is 1. The molecule has 1 saturated heterocycles. The minimum absolute atomic E-state index is 0.161. The van der Waals surface area contributed by atoms with Crippen LogP contribution in [0, 0.1) is 5.92 Å². The molecule has 4 nitrogen and oxygen atoms in total. The van der Waals surface area contributed by atoms with E-state index in [9.17, 15) is 4.79 Å². The Morgan fingerprint density at radius 1 is 1.45 bits per heavy atom. The first-order valence-corrected chi connectivity index (χ1v) is 8.73. The Bertz CT molecular complexity index is 297. The highest BCUT2D eigenvalue weighted by molar-refractivity contribution is 7.99. The highest BCUT2D eigenvalue weighted by Crippen LogP contribution is 2.22. The molecule has 0 saturated carbocycles. The Hall–Kier alpha value is -0.420. The fourth-order valence-corrected chi connectivity index (χ4v) is 3.42. The van der Waals surface area contributed by atoms with Crippen molar-refractivity contribution in [3.8, 4) is 0 Å². The van der Waals surface area contributed by atoms with Crippen molar-refractivity contribution in [1.82, 2.24) is 10.2 Å². The van der Waals surface area contributed by atoms with Crippen molar-refractivity contribution < 1.29 is 9.53 Å². The van der Waals surface area contributed by atoms with Crippen LogP contribution >= 0.6 is 11.8 Å². The monoisotopic (exact) mass is 302 g/mol. The first-order valence-electron chi connectivity index (χ1n) is 7.57. The highest BCUT2D eigenvalue weighted by atomic mass is 32.2. The van der Waals surface area contributed by atoms with E-state index in [0.717, 1.165) is 19.0 Å². The summed E-state index contributed by atoms with van der Waals surface area (Å²) in [7, 11) is 0. The van der Waals surface area contributed by atoms with Crippen molar-refractivity contribution in [3.63, 3.8) is 0 Å². The van der Waals surface area contributed by atoms with E-state index in [-0.39, 0.29) is 12.1 Å². The maximum Gasteiger partial charge on any atom is 0.410 e. The van der Waals surface area contributed by atoms with Crippen LogP contribution in [0.5, 0.6) is 0 Å². The number of nitrogens with one attached hydrogen (secondary N) is 1. The summed E-state index contributed by atoms with van der Waals surface area (Å²) in [5.41, 5.74) is -0.432. The summed E-state index contributed by atoms with van der Waals surface area (Å²) >= 11 is 2.04. The first-order chi connectivity index (χ1) is 9.29. The molecule has 1 amide bonds. The van der Waals surface area contributed by atoms with Gasteiger partial charge in [-0.25, -0.2) is 4.79 Å². The maximum atomic E-state index is 12.1. The Balaban J connectivity index is 2.29. The van der Waals surface area contributed by atoms with Gasteiger partial charge in [0.05, 0.1) is 0 Å². The Kier molecular flexibility index (Phi) is 7.17. The summed E-state index contributed by atoms with van der Waals surface area (Å²) in [6.07, 6.45) is 1.10. The maximum absolute atomic E-state index is 12.1. The summed E-state index contributed by atoms with van der Waals surface area (Å²) in [4.78, 5) is 13.9. The van der Waals surface area contributed by atoms with E-state index in [1.807, 2.05) is 46.4 Å². The predicted octanol–water partition coefficient (Wildman–Crippen LogP) is 2.97. The van der Waals surface area contributed by atoms with Crippen LogP contribution in [-0.4, -0.2) is 53.8 Å². The highest BCUT2D eigenvalue weighted by Gasteiger charge is 2.23. The number of carbonyl (C=O) groups is 1. The minimum Gasteiger partial charge on any atom is -0.444 e. The zero-order valence-corrected chi connectivity index (χ0v) is 14.4. The summed E-state index contributed by atoms with van der Waals surface area (Å²) in [6.45, 7) is 12.4. The lowest BCUT2D eigenvalue weighted by molar-refractivity contribution is 0.0193. The molecule has 0 aliphatic carbocycles. The molecule has 1 aliphatic heterocycles. The minimum atomic E-state index is -0.432. The number of hydrogen-bond acceptors (Lipinski definition) is 4. The average molecular weight is 302 g/mol. The molecule has 1 N–H and O–H groups in total. The van der Waals surface area contributed by atoms with Crippen LogP contribution in [0.3, 0.4) is 0 Å². The molecule has 0 radical (unpaired) electrons. The third kappa shape index (κ3) is 6.84. The second-order valence-corrected chi connectivity index (χ2v) is 7.85. The SMILES string of the molecule is CC(C)N(CCNCC1CCSC1)C(=O)OC(C)(C)C. The molecular weight excluding hydrogens is 272 g/mol. The molecule has 5 heteroatoms. The standard InChI is InChI=1S/C15H30N2O2S/c1-12(2)17(14(18)19-15(3,4)5)8-7-16-10-13-6-9-20-11-13/h12-13,16H,6-11H2,1-5H3. The fourth-order valence-electron chi connectivity index (χ4n) is 2.13. The summed E-state index contributed by atoms with van der Waals surface area (Å²) in [6, 6.07) is 0.161. The molecule has 0 aromatic carbocycles. The van der Waals surface area contributed by atoms with Gasteiger partial charge in [0.15, 0.2) is 0 Å². The van der Waals surface area contributed by atoms with E-state index in [4.69, 9.17) is 4.74 Å². The molecule has 0 spiro atoms. The number of rotatable bonds is 6. The molecule has 1 aliphatic rings. The molecular formula is C15H30N2O2S. The van der Waals surface area contributed by atoms with Gasteiger partial charge in [-0.1, -0.05) is 0 Å². The lowest BCUT2D eigenvalue weighted by Crippen LogP contribution is -2.44. The third-order valence-corrected chi connectivity index (χ3v) is 4.47. The number of thioether (sulfide) groups is 1. The third-order valence-electron chi connectivity index (χ3n) is 3.24. The molecule has 0 bridgehead atoms. The number of carbonyl (C=O) groups excluding carboxylic acids is 1. The van der Waals surface area contributed by atoms with Crippen molar-refractivity contribution >= 4 is 17.9 Å².